The second-order valence-electron chi connectivity index (χ2n) is 8.72. The molecule has 1 aromatic heterocycles. The molecule has 8 nitrogen and oxygen atoms in total. The van der Waals surface area contributed by atoms with E-state index in [0.717, 1.165) is 41.7 Å². The molecule has 0 spiro atoms. The quantitative estimate of drug-likeness (QED) is 0.613. The van der Waals surface area contributed by atoms with Gasteiger partial charge in [-0.3, -0.25) is 4.90 Å². The van der Waals surface area contributed by atoms with Crippen molar-refractivity contribution in [1.82, 2.24) is 19.8 Å². The Hall–Kier alpha value is -2.42. The number of rotatable bonds is 10. The summed E-state index contributed by atoms with van der Waals surface area (Å²) in [7, 11) is 7.73. The van der Waals surface area contributed by atoms with E-state index >= 15 is 0 Å². The Morgan fingerprint density at radius 3 is 2.68 bits per heavy atom. The van der Waals surface area contributed by atoms with Crippen LogP contribution < -0.4 is 14.4 Å². The molecule has 1 aliphatic rings. The van der Waals surface area contributed by atoms with Crippen molar-refractivity contribution in [2.75, 3.05) is 65.9 Å². The molecule has 1 fully saturated rings. The van der Waals surface area contributed by atoms with E-state index in [1.807, 2.05) is 46.3 Å². The lowest BCUT2D eigenvalue weighted by Gasteiger charge is -2.29. The zero-order valence-electron chi connectivity index (χ0n) is 19.3. The molecule has 0 aliphatic carbocycles. The van der Waals surface area contributed by atoms with Crippen LogP contribution in [0, 0.1) is 6.92 Å². The third kappa shape index (κ3) is 6.53. The molecule has 1 atom stereocenters. The molecule has 1 saturated heterocycles. The maximum atomic E-state index is 11.2. The monoisotopic (exact) mass is 429 g/mol. The molecule has 0 amide bonds. The Labute approximate surface area is 185 Å². The molecule has 3 rings (SSSR count). The van der Waals surface area contributed by atoms with Crippen molar-refractivity contribution in [3.63, 3.8) is 0 Å². The fourth-order valence-electron chi connectivity index (χ4n) is 3.93. The first-order valence-electron chi connectivity index (χ1n) is 10.7. The molecule has 2 aromatic rings. The van der Waals surface area contributed by atoms with Gasteiger partial charge in [-0.15, -0.1) is 0 Å². The molecule has 2 heterocycles. The first-order chi connectivity index (χ1) is 14.8. The van der Waals surface area contributed by atoms with Gasteiger partial charge in [-0.25, -0.2) is 9.97 Å². The van der Waals surface area contributed by atoms with E-state index in [4.69, 9.17) is 9.47 Å². The number of anilines is 1. The molecule has 1 aliphatic heterocycles. The van der Waals surface area contributed by atoms with E-state index in [0.29, 0.717) is 32.7 Å². The number of aromatic nitrogens is 2. The summed E-state index contributed by atoms with van der Waals surface area (Å²) in [6, 6.07) is 7.99. The summed E-state index contributed by atoms with van der Waals surface area (Å²) in [5.41, 5.74) is 1.28. The highest BCUT2D eigenvalue weighted by atomic mass is 16.5. The third-order valence-corrected chi connectivity index (χ3v) is 5.49. The number of ether oxygens (including phenoxy) is 2. The smallest absolute Gasteiger partial charge is 0.161 e. The van der Waals surface area contributed by atoms with Gasteiger partial charge in [-0.05, 0) is 52.2 Å². The van der Waals surface area contributed by atoms with Crippen molar-refractivity contribution in [1.29, 1.82) is 0 Å². The summed E-state index contributed by atoms with van der Waals surface area (Å²) < 4.78 is 11.4. The van der Waals surface area contributed by atoms with Crippen LogP contribution >= 0.6 is 0 Å². The zero-order chi connectivity index (χ0) is 22.4. The van der Waals surface area contributed by atoms with Crippen molar-refractivity contribution >= 4 is 5.82 Å². The summed E-state index contributed by atoms with van der Waals surface area (Å²) in [4.78, 5) is 14.9. The summed E-state index contributed by atoms with van der Waals surface area (Å²) in [5.74, 6) is 2.36. The highest BCUT2D eigenvalue weighted by Gasteiger charge is 2.37. The Morgan fingerprint density at radius 2 is 1.97 bits per heavy atom. The second-order valence-corrected chi connectivity index (χ2v) is 8.72. The highest BCUT2D eigenvalue weighted by Crippen LogP contribution is 2.30. The summed E-state index contributed by atoms with van der Waals surface area (Å²) in [5, 5.41) is 11.2. The van der Waals surface area contributed by atoms with Crippen molar-refractivity contribution in [2.45, 2.75) is 25.5 Å². The molecule has 31 heavy (non-hydrogen) atoms. The van der Waals surface area contributed by atoms with Crippen LogP contribution in [0.3, 0.4) is 0 Å². The first-order valence-corrected chi connectivity index (χ1v) is 10.7. The van der Waals surface area contributed by atoms with Crippen molar-refractivity contribution in [2.24, 2.45) is 0 Å². The predicted octanol–water partition coefficient (Wildman–Crippen LogP) is 1.81. The van der Waals surface area contributed by atoms with Gasteiger partial charge in [0.05, 0.1) is 12.7 Å². The van der Waals surface area contributed by atoms with Gasteiger partial charge >= 0.3 is 0 Å². The minimum absolute atomic E-state index is 0.565. The summed E-state index contributed by atoms with van der Waals surface area (Å²) >= 11 is 0. The molecule has 0 unspecified atom stereocenters. The lowest BCUT2D eigenvalue weighted by atomic mass is 10.0. The van der Waals surface area contributed by atoms with Crippen LogP contribution in [0.4, 0.5) is 5.82 Å². The maximum Gasteiger partial charge on any atom is 0.161 e. The molecule has 1 N–H and O–H groups in total. The highest BCUT2D eigenvalue weighted by molar-refractivity contribution is 5.43. The number of nitrogens with zero attached hydrogens (tertiary/aromatic N) is 5. The number of hydrogen-bond donors (Lipinski definition) is 1. The van der Waals surface area contributed by atoms with E-state index in [1.54, 1.807) is 13.4 Å². The minimum atomic E-state index is -0.771. The molecule has 0 radical (unpaired) electrons. The van der Waals surface area contributed by atoms with E-state index in [-0.39, 0.29) is 0 Å². The number of likely N-dealkylation sites (N-methyl/N-ethyl adjacent to an activating group) is 2. The normalized spacial score (nSPS) is 18.8. The van der Waals surface area contributed by atoms with Gasteiger partial charge in [0.2, 0.25) is 0 Å². The number of aryl methyl sites for hydroxylation is 1. The van der Waals surface area contributed by atoms with Crippen LogP contribution in [-0.2, 0) is 6.54 Å². The number of methoxy groups -OCH3 is 1. The Kier molecular flexibility index (Phi) is 7.69. The van der Waals surface area contributed by atoms with Gasteiger partial charge in [0, 0.05) is 44.5 Å². The average molecular weight is 430 g/mol. The van der Waals surface area contributed by atoms with Crippen LogP contribution in [0.2, 0.25) is 0 Å². The summed E-state index contributed by atoms with van der Waals surface area (Å²) in [6.07, 6.45) is 2.29. The Morgan fingerprint density at radius 1 is 1.16 bits per heavy atom. The molecule has 0 bridgehead atoms. The number of benzene rings is 1. The maximum absolute atomic E-state index is 11.2. The zero-order valence-corrected chi connectivity index (χ0v) is 19.3. The predicted molar refractivity (Wildman–Crippen MR) is 122 cm³/mol. The SMILES string of the molecule is COc1cc(CN(C)C[C@]2(O)CCN(c3cc(C)ncn3)C2)ccc1OCCN(C)C. The Bertz CT molecular complexity index is 863. The van der Waals surface area contributed by atoms with Crippen molar-refractivity contribution < 1.29 is 14.6 Å². The van der Waals surface area contributed by atoms with E-state index in [2.05, 4.69) is 30.7 Å². The fraction of sp³-hybridized carbons (Fsp3) is 0.565. The van der Waals surface area contributed by atoms with Gasteiger partial charge in [0.15, 0.2) is 11.5 Å². The van der Waals surface area contributed by atoms with Gasteiger partial charge in [-0.2, -0.15) is 0 Å². The van der Waals surface area contributed by atoms with Gasteiger partial charge < -0.3 is 24.4 Å². The van der Waals surface area contributed by atoms with Crippen LogP contribution in [0.15, 0.2) is 30.6 Å². The van der Waals surface area contributed by atoms with Crippen molar-refractivity contribution in [3.8, 4) is 11.5 Å². The van der Waals surface area contributed by atoms with Crippen LogP contribution in [0.1, 0.15) is 17.7 Å². The molecule has 8 heteroatoms. The lowest BCUT2D eigenvalue weighted by Crippen LogP contribution is -2.43. The van der Waals surface area contributed by atoms with Crippen LogP contribution in [0.25, 0.3) is 0 Å². The third-order valence-electron chi connectivity index (χ3n) is 5.49. The first kappa shape index (κ1) is 23.2. The van der Waals surface area contributed by atoms with Gasteiger partial charge in [0.1, 0.15) is 18.8 Å². The number of hydrogen-bond acceptors (Lipinski definition) is 8. The summed E-state index contributed by atoms with van der Waals surface area (Å²) in [6.45, 7) is 6.05. The van der Waals surface area contributed by atoms with E-state index in [1.165, 1.54) is 0 Å². The average Bonchev–Trinajstić information content (AvgIpc) is 3.10. The van der Waals surface area contributed by atoms with Crippen LogP contribution in [-0.4, -0.2) is 91.5 Å². The van der Waals surface area contributed by atoms with Gasteiger partial charge in [0.25, 0.3) is 0 Å². The van der Waals surface area contributed by atoms with Crippen molar-refractivity contribution in [3.05, 3.63) is 41.9 Å². The van der Waals surface area contributed by atoms with E-state index < -0.39 is 5.60 Å². The largest absolute Gasteiger partial charge is 0.493 e. The molecule has 170 valence electrons. The standard InChI is InChI=1S/C23H35N5O3/c1-18-12-22(25-17-24-18)28-9-8-23(29,16-28)15-27(4)14-19-6-7-20(21(13-19)30-5)31-11-10-26(2)3/h6-7,12-13,17,29H,8-11,14-16H2,1-5H3/t23-/m1/s1. The number of aliphatic hydroxyl groups is 1. The topological polar surface area (TPSA) is 74.2 Å². The molecule has 1 aromatic carbocycles. The Balaban J connectivity index is 1.57. The van der Waals surface area contributed by atoms with Gasteiger partial charge in [-0.1, -0.05) is 6.07 Å². The number of β-amino-alcohol motifs (C(OH)–C–C–N with tert-alkyl or cyclic N) is 1. The minimum Gasteiger partial charge on any atom is -0.493 e. The fourth-order valence-corrected chi connectivity index (χ4v) is 3.93. The second kappa shape index (κ2) is 10.3. The van der Waals surface area contributed by atoms with E-state index in [9.17, 15) is 5.11 Å². The molecular formula is C23H35N5O3. The van der Waals surface area contributed by atoms with Crippen LogP contribution in [0.5, 0.6) is 11.5 Å². The molecule has 0 saturated carbocycles. The molecular weight excluding hydrogens is 394 g/mol. The lowest BCUT2D eigenvalue weighted by molar-refractivity contribution is 0.0279.